The molecule has 4 heteroatoms. The van der Waals surface area contributed by atoms with Gasteiger partial charge in [0.25, 0.3) is 0 Å². The van der Waals surface area contributed by atoms with E-state index in [-0.39, 0.29) is 0 Å². The molecular formula is C18H19N3S. The molecule has 0 spiro atoms. The Morgan fingerprint density at radius 3 is 2.73 bits per heavy atom. The van der Waals surface area contributed by atoms with Gasteiger partial charge in [-0.25, -0.2) is 9.97 Å². The van der Waals surface area contributed by atoms with Crippen LogP contribution in [0.15, 0.2) is 36.7 Å². The minimum Gasteiger partial charge on any atom is -0.326 e. The maximum Gasteiger partial charge on any atom is 0.145 e. The van der Waals surface area contributed by atoms with Gasteiger partial charge in [-0.2, -0.15) is 0 Å². The van der Waals surface area contributed by atoms with Crippen molar-refractivity contribution < 1.29 is 0 Å². The first-order chi connectivity index (χ1) is 10.9. The van der Waals surface area contributed by atoms with Crippen LogP contribution in [0.3, 0.4) is 0 Å². The van der Waals surface area contributed by atoms with E-state index in [4.69, 9.17) is 0 Å². The van der Waals surface area contributed by atoms with E-state index in [1.165, 1.54) is 47.2 Å². The number of benzene rings is 1. The van der Waals surface area contributed by atoms with Gasteiger partial charge in [0.05, 0.1) is 5.39 Å². The van der Waals surface area contributed by atoms with Gasteiger partial charge in [0.2, 0.25) is 0 Å². The fourth-order valence-electron chi connectivity index (χ4n) is 3.34. The predicted molar refractivity (Wildman–Crippen MR) is 93.2 cm³/mol. The molecule has 3 nitrogen and oxygen atoms in total. The fourth-order valence-corrected chi connectivity index (χ4v) is 4.56. The number of hydrogen-bond acceptors (Lipinski definition) is 4. The number of para-hydroxylation sites is 1. The fraction of sp³-hybridized carbons (Fsp3) is 0.333. The zero-order valence-corrected chi connectivity index (χ0v) is 13.6. The number of nitrogens with zero attached hydrogens (tertiary/aromatic N) is 3. The van der Waals surface area contributed by atoms with E-state index in [1.54, 1.807) is 6.33 Å². The van der Waals surface area contributed by atoms with Crippen molar-refractivity contribution >= 4 is 33.1 Å². The highest BCUT2D eigenvalue weighted by atomic mass is 32.1. The summed E-state index contributed by atoms with van der Waals surface area (Å²) in [6.07, 6.45) is 6.67. The largest absolute Gasteiger partial charge is 0.326 e. The van der Waals surface area contributed by atoms with Crippen LogP contribution in [0, 0.1) is 0 Å². The number of fused-ring (bicyclic) bond motifs is 3. The van der Waals surface area contributed by atoms with E-state index in [0.717, 1.165) is 17.2 Å². The zero-order valence-electron chi connectivity index (χ0n) is 12.7. The molecule has 0 aliphatic heterocycles. The van der Waals surface area contributed by atoms with Crippen LogP contribution in [0.2, 0.25) is 0 Å². The van der Waals surface area contributed by atoms with E-state index in [2.05, 4.69) is 52.1 Å². The number of aryl methyl sites for hydroxylation is 2. The molecule has 112 valence electrons. The van der Waals surface area contributed by atoms with E-state index in [0.29, 0.717) is 0 Å². The minimum absolute atomic E-state index is 0.904. The molecule has 0 fully saturated rings. The Labute approximate surface area is 134 Å². The van der Waals surface area contributed by atoms with Crippen molar-refractivity contribution in [3.05, 3.63) is 47.1 Å². The topological polar surface area (TPSA) is 29.0 Å². The lowest BCUT2D eigenvalue weighted by Gasteiger charge is -2.23. The summed E-state index contributed by atoms with van der Waals surface area (Å²) in [5.74, 6) is 1.07. The van der Waals surface area contributed by atoms with Gasteiger partial charge in [-0.1, -0.05) is 18.2 Å². The average Bonchev–Trinajstić information content (AvgIpc) is 2.96. The van der Waals surface area contributed by atoms with Crippen molar-refractivity contribution in [2.75, 3.05) is 11.4 Å². The summed E-state index contributed by atoms with van der Waals surface area (Å²) in [6.45, 7) is 3.08. The van der Waals surface area contributed by atoms with Crippen LogP contribution in [-0.2, 0) is 12.8 Å². The summed E-state index contributed by atoms with van der Waals surface area (Å²) >= 11 is 1.86. The zero-order chi connectivity index (χ0) is 14.9. The van der Waals surface area contributed by atoms with Crippen molar-refractivity contribution in [1.29, 1.82) is 0 Å². The van der Waals surface area contributed by atoms with Crippen molar-refractivity contribution in [2.45, 2.75) is 32.6 Å². The van der Waals surface area contributed by atoms with Gasteiger partial charge in [-0.15, -0.1) is 11.3 Å². The second kappa shape index (κ2) is 5.69. The molecular weight excluding hydrogens is 290 g/mol. The van der Waals surface area contributed by atoms with Crippen molar-refractivity contribution in [3.8, 4) is 0 Å². The molecule has 0 saturated carbocycles. The Bertz CT molecular complexity index is 795. The average molecular weight is 309 g/mol. The molecule has 0 unspecified atom stereocenters. The summed E-state index contributed by atoms with van der Waals surface area (Å²) in [5, 5.41) is 1.29. The molecule has 0 radical (unpaired) electrons. The molecule has 0 saturated heterocycles. The Morgan fingerprint density at radius 1 is 1.09 bits per heavy atom. The van der Waals surface area contributed by atoms with Gasteiger partial charge >= 0.3 is 0 Å². The lowest BCUT2D eigenvalue weighted by Crippen LogP contribution is -2.18. The maximum atomic E-state index is 4.66. The summed E-state index contributed by atoms with van der Waals surface area (Å²) in [7, 11) is 0. The van der Waals surface area contributed by atoms with Gasteiger partial charge in [0.15, 0.2) is 0 Å². The monoisotopic (exact) mass is 309 g/mol. The highest BCUT2D eigenvalue weighted by molar-refractivity contribution is 7.19. The third-order valence-corrected chi connectivity index (χ3v) is 5.57. The molecule has 4 rings (SSSR count). The summed E-state index contributed by atoms with van der Waals surface area (Å²) < 4.78 is 0. The van der Waals surface area contributed by atoms with Gasteiger partial charge in [0.1, 0.15) is 17.0 Å². The quantitative estimate of drug-likeness (QED) is 0.700. The van der Waals surface area contributed by atoms with E-state index in [9.17, 15) is 0 Å². The molecule has 0 N–H and O–H groups in total. The second-order valence-electron chi connectivity index (χ2n) is 5.67. The third kappa shape index (κ3) is 2.18. The number of rotatable bonds is 3. The summed E-state index contributed by atoms with van der Waals surface area (Å²) in [6, 6.07) is 10.5. The van der Waals surface area contributed by atoms with Crippen LogP contribution in [0.1, 0.15) is 30.2 Å². The number of aromatic nitrogens is 2. The Morgan fingerprint density at radius 2 is 1.91 bits per heavy atom. The van der Waals surface area contributed by atoms with Crippen LogP contribution in [0.5, 0.6) is 0 Å². The number of hydrogen-bond donors (Lipinski definition) is 0. The van der Waals surface area contributed by atoms with Crippen LogP contribution in [-0.4, -0.2) is 16.5 Å². The normalized spacial score (nSPS) is 14.0. The van der Waals surface area contributed by atoms with E-state index in [1.807, 2.05) is 11.3 Å². The second-order valence-corrected chi connectivity index (χ2v) is 6.75. The first-order valence-electron chi connectivity index (χ1n) is 7.96. The van der Waals surface area contributed by atoms with Gasteiger partial charge in [-0.3, -0.25) is 0 Å². The van der Waals surface area contributed by atoms with Gasteiger partial charge < -0.3 is 4.90 Å². The molecule has 3 aromatic rings. The standard InChI is InChI=1S/C18H19N3S/c1-2-21(13-8-4-3-5-9-13)17-16-14-10-6-7-11-15(14)22-18(16)20-12-19-17/h3-5,8-9,12H,2,6-7,10-11H2,1H3. The maximum absolute atomic E-state index is 4.66. The molecule has 0 bridgehead atoms. The number of thiophene rings is 1. The molecule has 2 heterocycles. The summed E-state index contributed by atoms with van der Waals surface area (Å²) in [4.78, 5) is 14.2. The molecule has 1 aliphatic rings. The van der Waals surface area contributed by atoms with Crippen LogP contribution < -0.4 is 4.90 Å². The first kappa shape index (κ1) is 13.7. The lowest BCUT2D eigenvalue weighted by molar-refractivity contribution is 0.700. The van der Waals surface area contributed by atoms with Crippen molar-refractivity contribution in [3.63, 3.8) is 0 Å². The Hall–Kier alpha value is -1.94. The third-order valence-electron chi connectivity index (χ3n) is 4.37. The van der Waals surface area contributed by atoms with Crippen LogP contribution in [0.4, 0.5) is 11.5 Å². The SMILES string of the molecule is CCN(c1ccccc1)c1ncnc2sc3c(c12)CCCC3. The van der Waals surface area contributed by atoms with Crippen molar-refractivity contribution in [2.24, 2.45) is 0 Å². The summed E-state index contributed by atoms with van der Waals surface area (Å²) in [5.41, 5.74) is 2.69. The molecule has 1 aliphatic carbocycles. The predicted octanol–water partition coefficient (Wildman–Crippen LogP) is 4.73. The smallest absolute Gasteiger partial charge is 0.145 e. The number of anilines is 2. The highest BCUT2D eigenvalue weighted by Crippen LogP contribution is 2.40. The molecule has 0 atom stereocenters. The van der Waals surface area contributed by atoms with Gasteiger partial charge in [-0.05, 0) is 50.3 Å². The molecule has 2 aromatic heterocycles. The van der Waals surface area contributed by atoms with Crippen molar-refractivity contribution in [1.82, 2.24) is 9.97 Å². The van der Waals surface area contributed by atoms with Crippen LogP contribution >= 0.6 is 11.3 Å². The van der Waals surface area contributed by atoms with Gasteiger partial charge in [0, 0.05) is 17.1 Å². The molecule has 1 aromatic carbocycles. The Kier molecular flexibility index (Phi) is 3.54. The first-order valence-corrected chi connectivity index (χ1v) is 8.78. The Balaban J connectivity index is 1.92. The minimum atomic E-state index is 0.904. The highest BCUT2D eigenvalue weighted by Gasteiger charge is 2.22. The molecule has 22 heavy (non-hydrogen) atoms. The van der Waals surface area contributed by atoms with E-state index >= 15 is 0 Å². The van der Waals surface area contributed by atoms with Crippen LogP contribution in [0.25, 0.3) is 10.2 Å². The molecule has 0 amide bonds. The lowest BCUT2D eigenvalue weighted by atomic mass is 9.97. The van der Waals surface area contributed by atoms with E-state index < -0.39 is 0 Å².